The molecule has 2 rings (SSSR count). The highest BCUT2D eigenvalue weighted by Crippen LogP contribution is 2.27. The number of ether oxygens (including phenoxy) is 1. The Kier molecular flexibility index (Phi) is 4.37. The van der Waals surface area contributed by atoms with E-state index in [-0.39, 0.29) is 17.9 Å². The topological polar surface area (TPSA) is 38.3 Å². The molecule has 1 heterocycles. The number of esters is 1. The molecular weight excluding hydrogens is 226 g/mol. The molecule has 2 atom stereocenters. The molecule has 0 saturated carbocycles. The third-order valence-corrected chi connectivity index (χ3v) is 3.61. The van der Waals surface area contributed by atoms with Crippen LogP contribution in [-0.2, 0) is 9.53 Å². The van der Waals surface area contributed by atoms with Gasteiger partial charge >= 0.3 is 5.97 Å². The van der Waals surface area contributed by atoms with Gasteiger partial charge in [-0.15, -0.1) is 0 Å². The van der Waals surface area contributed by atoms with E-state index in [0.29, 0.717) is 0 Å². The molecule has 18 heavy (non-hydrogen) atoms. The quantitative estimate of drug-likeness (QED) is 0.833. The molecular formula is C15H21NO2. The first-order valence-corrected chi connectivity index (χ1v) is 6.60. The zero-order valence-electron chi connectivity index (χ0n) is 11.1. The maximum absolute atomic E-state index is 12.1. The van der Waals surface area contributed by atoms with Crippen LogP contribution in [0, 0.1) is 6.92 Å². The first-order chi connectivity index (χ1) is 8.72. The van der Waals surface area contributed by atoms with Crippen LogP contribution in [0.15, 0.2) is 24.3 Å². The van der Waals surface area contributed by atoms with Crippen molar-refractivity contribution in [1.82, 2.24) is 5.32 Å². The minimum absolute atomic E-state index is 0.139. The summed E-state index contributed by atoms with van der Waals surface area (Å²) in [6.45, 7) is 3.04. The van der Waals surface area contributed by atoms with Gasteiger partial charge in [0.25, 0.3) is 0 Å². The Morgan fingerprint density at radius 2 is 2.28 bits per heavy atom. The van der Waals surface area contributed by atoms with Crippen LogP contribution >= 0.6 is 0 Å². The first kappa shape index (κ1) is 13.1. The molecule has 1 aliphatic heterocycles. The lowest BCUT2D eigenvalue weighted by atomic mass is 9.86. The third kappa shape index (κ3) is 2.91. The summed E-state index contributed by atoms with van der Waals surface area (Å²) < 4.78 is 4.98. The Hall–Kier alpha value is -1.35. The summed E-state index contributed by atoms with van der Waals surface area (Å²) in [7, 11) is 1.47. The van der Waals surface area contributed by atoms with Crippen molar-refractivity contribution in [2.24, 2.45) is 0 Å². The fraction of sp³-hybridized carbons (Fsp3) is 0.533. The summed E-state index contributed by atoms with van der Waals surface area (Å²) in [6, 6.07) is 8.35. The molecule has 0 spiro atoms. The molecule has 1 aromatic carbocycles. The predicted molar refractivity (Wildman–Crippen MR) is 71.6 cm³/mol. The number of hydrogen-bond donors (Lipinski definition) is 1. The van der Waals surface area contributed by atoms with Gasteiger partial charge in [0.1, 0.15) is 0 Å². The van der Waals surface area contributed by atoms with Gasteiger partial charge in [-0.05, 0) is 31.9 Å². The monoisotopic (exact) mass is 247 g/mol. The largest absolute Gasteiger partial charge is 0.469 e. The maximum Gasteiger partial charge on any atom is 0.314 e. The third-order valence-electron chi connectivity index (χ3n) is 3.61. The summed E-state index contributed by atoms with van der Waals surface area (Å²) >= 11 is 0. The van der Waals surface area contributed by atoms with Crippen molar-refractivity contribution < 1.29 is 9.53 Å². The minimum Gasteiger partial charge on any atom is -0.469 e. The van der Waals surface area contributed by atoms with E-state index < -0.39 is 0 Å². The van der Waals surface area contributed by atoms with Crippen LogP contribution in [0.3, 0.4) is 0 Å². The molecule has 1 saturated heterocycles. The van der Waals surface area contributed by atoms with E-state index >= 15 is 0 Å². The molecule has 0 unspecified atom stereocenters. The van der Waals surface area contributed by atoms with Crippen molar-refractivity contribution in [3.63, 3.8) is 0 Å². The van der Waals surface area contributed by atoms with Gasteiger partial charge < -0.3 is 10.1 Å². The molecule has 3 nitrogen and oxygen atoms in total. The van der Waals surface area contributed by atoms with Gasteiger partial charge in [-0.1, -0.05) is 36.2 Å². The van der Waals surface area contributed by atoms with E-state index in [2.05, 4.69) is 11.4 Å². The minimum atomic E-state index is -0.185. The summed E-state index contributed by atoms with van der Waals surface area (Å²) in [5.74, 6) is -0.324. The van der Waals surface area contributed by atoms with Crippen LogP contribution in [0.5, 0.6) is 0 Å². The number of carbonyl (C=O) groups is 1. The van der Waals surface area contributed by atoms with Gasteiger partial charge in [0.15, 0.2) is 0 Å². The Morgan fingerprint density at radius 3 is 2.89 bits per heavy atom. The fourth-order valence-corrected chi connectivity index (χ4v) is 2.69. The highest BCUT2D eigenvalue weighted by Gasteiger charge is 2.31. The van der Waals surface area contributed by atoms with Crippen molar-refractivity contribution >= 4 is 5.97 Å². The number of hydrogen-bond acceptors (Lipinski definition) is 3. The second-order valence-corrected chi connectivity index (χ2v) is 4.97. The second kappa shape index (κ2) is 6.01. The molecule has 1 N–H and O–H groups in total. The van der Waals surface area contributed by atoms with Crippen molar-refractivity contribution in [3.8, 4) is 0 Å². The number of rotatable bonds is 3. The van der Waals surface area contributed by atoms with Crippen LogP contribution < -0.4 is 5.32 Å². The van der Waals surface area contributed by atoms with E-state index in [1.165, 1.54) is 25.5 Å². The highest BCUT2D eigenvalue weighted by molar-refractivity contribution is 5.79. The summed E-state index contributed by atoms with van der Waals surface area (Å²) in [5, 5.41) is 3.45. The van der Waals surface area contributed by atoms with Crippen LogP contribution in [0.1, 0.15) is 36.3 Å². The normalized spacial score (nSPS) is 21.3. The Labute approximate surface area is 109 Å². The average molecular weight is 247 g/mol. The molecule has 0 aromatic heterocycles. The Balaban J connectivity index is 2.26. The maximum atomic E-state index is 12.1. The van der Waals surface area contributed by atoms with Gasteiger partial charge in [0.05, 0.1) is 13.0 Å². The van der Waals surface area contributed by atoms with Crippen LogP contribution in [0.2, 0.25) is 0 Å². The number of aryl methyl sites for hydroxylation is 1. The number of benzene rings is 1. The summed E-state index contributed by atoms with van der Waals surface area (Å²) in [6.07, 6.45) is 3.41. The number of methoxy groups -OCH3 is 1. The molecule has 0 amide bonds. The van der Waals surface area contributed by atoms with E-state index in [1.807, 2.05) is 25.1 Å². The lowest BCUT2D eigenvalue weighted by Gasteiger charge is -2.30. The lowest BCUT2D eigenvalue weighted by Crippen LogP contribution is -2.42. The zero-order valence-corrected chi connectivity index (χ0v) is 11.1. The number of nitrogens with one attached hydrogen (secondary N) is 1. The molecule has 98 valence electrons. The average Bonchev–Trinajstić information content (AvgIpc) is 2.40. The van der Waals surface area contributed by atoms with Crippen molar-refractivity contribution in [2.45, 2.75) is 38.1 Å². The summed E-state index contributed by atoms with van der Waals surface area (Å²) in [5.41, 5.74) is 2.23. The van der Waals surface area contributed by atoms with E-state index in [9.17, 15) is 4.79 Å². The van der Waals surface area contributed by atoms with Crippen LogP contribution in [-0.4, -0.2) is 25.7 Å². The number of piperidine rings is 1. The molecule has 1 fully saturated rings. The smallest absolute Gasteiger partial charge is 0.314 e. The molecule has 0 aliphatic carbocycles. The first-order valence-electron chi connectivity index (χ1n) is 6.60. The van der Waals surface area contributed by atoms with Crippen LogP contribution in [0.25, 0.3) is 0 Å². The lowest BCUT2D eigenvalue weighted by molar-refractivity contribution is -0.143. The van der Waals surface area contributed by atoms with Gasteiger partial charge in [0.2, 0.25) is 0 Å². The van der Waals surface area contributed by atoms with Gasteiger partial charge in [-0.3, -0.25) is 4.79 Å². The highest BCUT2D eigenvalue weighted by atomic mass is 16.5. The summed E-state index contributed by atoms with van der Waals surface area (Å²) in [4.78, 5) is 12.1. The zero-order chi connectivity index (χ0) is 13.0. The number of carbonyl (C=O) groups excluding carboxylic acids is 1. The van der Waals surface area contributed by atoms with E-state index in [0.717, 1.165) is 18.5 Å². The van der Waals surface area contributed by atoms with Crippen LogP contribution in [0.4, 0.5) is 0 Å². The van der Waals surface area contributed by atoms with Crippen molar-refractivity contribution in [3.05, 3.63) is 35.4 Å². The van der Waals surface area contributed by atoms with Crippen molar-refractivity contribution in [2.75, 3.05) is 13.7 Å². The Morgan fingerprint density at radius 1 is 1.44 bits per heavy atom. The van der Waals surface area contributed by atoms with Gasteiger partial charge in [-0.25, -0.2) is 0 Å². The SMILES string of the molecule is COC(=O)[C@H](c1cccc(C)c1)[C@@H]1CCCCN1. The molecule has 0 radical (unpaired) electrons. The molecule has 3 heteroatoms. The van der Waals surface area contributed by atoms with E-state index in [1.54, 1.807) is 0 Å². The molecule has 1 aliphatic rings. The van der Waals surface area contributed by atoms with Gasteiger partial charge in [0, 0.05) is 6.04 Å². The Bertz CT molecular complexity index is 411. The van der Waals surface area contributed by atoms with Crippen molar-refractivity contribution in [1.29, 1.82) is 0 Å². The van der Waals surface area contributed by atoms with Gasteiger partial charge in [-0.2, -0.15) is 0 Å². The fourth-order valence-electron chi connectivity index (χ4n) is 2.69. The molecule has 0 bridgehead atoms. The predicted octanol–water partition coefficient (Wildman–Crippen LogP) is 2.39. The second-order valence-electron chi connectivity index (χ2n) is 4.97. The molecule has 1 aromatic rings. The standard InChI is InChI=1S/C15H21NO2/c1-11-6-5-7-12(10-11)14(15(17)18-2)13-8-3-4-9-16-13/h5-7,10,13-14,16H,3-4,8-9H2,1-2H3/t13-,14+/m0/s1. The van der Waals surface area contributed by atoms with E-state index in [4.69, 9.17) is 4.74 Å².